The number of nitrogens with one attached hydrogen (secondary N) is 1. The lowest BCUT2D eigenvalue weighted by molar-refractivity contribution is -0.188. The minimum Gasteiger partial charge on any atom is -0.354 e. The lowest BCUT2D eigenvalue weighted by atomic mass is 9.94. The van der Waals surface area contributed by atoms with E-state index in [0.717, 1.165) is 42.5 Å². The molecule has 3 saturated heterocycles. The van der Waals surface area contributed by atoms with E-state index in [1.807, 2.05) is 30.6 Å². The van der Waals surface area contributed by atoms with Gasteiger partial charge in [-0.25, -0.2) is 0 Å². The number of H-pyrrole nitrogens is 1. The molecule has 7 heteroatoms. The average molecular weight is 389 g/mol. The van der Waals surface area contributed by atoms with E-state index in [-0.39, 0.29) is 17.7 Å². The fourth-order valence-electron chi connectivity index (χ4n) is 4.69. The Morgan fingerprint density at radius 1 is 1.00 bits per heavy atom. The van der Waals surface area contributed by atoms with Gasteiger partial charge in [-0.1, -0.05) is 0 Å². The number of rotatable bonds is 2. The van der Waals surface area contributed by atoms with E-state index in [9.17, 15) is 9.59 Å². The summed E-state index contributed by atoms with van der Waals surface area (Å²) in [6, 6.07) is 0. The van der Waals surface area contributed by atoms with E-state index in [1.165, 1.54) is 0 Å². The second kappa shape index (κ2) is 7.52. The van der Waals surface area contributed by atoms with Gasteiger partial charge in [-0.15, -0.1) is 0 Å². The van der Waals surface area contributed by atoms with Crippen molar-refractivity contribution in [2.45, 2.75) is 52.2 Å². The number of nitrogens with zero attached hydrogens (tertiary/aromatic N) is 2. The number of carbonyl (C=O) groups excluding carboxylic acids is 2. The van der Waals surface area contributed by atoms with Crippen molar-refractivity contribution in [3.63, 3.8) is 0 Å². The van der Waals surface area contributed by atoms with Crippen molar-refractivity contribution in [1.82, 2.24) is 14.8 Å². The van der Waals surface area contributed by atoms with Crippen LogP contribution in [0, 0.1) is 26.7 Å². The number of likely N-dealkylation sites (tertiary alicyclic amines) is 2. The number of ether oxygens (including phenoxy) is 2. The van der Waals surface area contributed by atoms with Crippen LogP contribution in [0.5, 0.6) is 0 Å². The van der Waals surface area contributed by atoms with Crippen molar-refractivity contribution in [2.24, 2.45) is 5.92 Å². The van der Waals surface area contributed by atoms with Crippen molar-refractivity contribution in [1.29, 1.82) is 0 Å². The molecule has 0 aromatic carbocycles. The standard InChI is InChI=1S/C21H31N3O4/c1-14-15(2)18(22-16(14)3)20(26)24-8-4-5-17(13-24)19(25)23-9-6-21(7-10-23)27-11-12-28-21/h17,22H,4-13H2,1-3H3/t17-/m0/s1. The molecule has 28 heavy (non-hydrogen) atoms. The fraction of sp³-hybridized carbons (Fsp3) is 0.714. The Bertz CT molecular complexity index is 756. The first-order valence-corrected chi connectivity index (χ1v) is 10.4. The van der Waals surface area contributed by atoms with Gasteiger partial charge in [0.05, 0.1) is 19.1 Å². The number of aromatic nitrogens is 1. The highest BCUT2D eigenvalue weighted by molar-refractivity contribution is 5.95. The first-order chi connectivity index (χ1) is 13.4. The van der Waals surface area contributed by atoms with Gasteiger partial charge in [-0.2, -0.15) is 0 Å². The third kappa shape index (κ3) is 3.46. The molecule has 1 N–H and O–H groups in total. The molecule has 154 valence electrons. The van der Waals surface area contributed by atoms with Crippen LogP contribution in [-0.2, 0) is 14.3 Å². The average Bonchev–Trinajstić information content (AvgIpc) is 3.27. The van der Waals surface area contributed by atoms with Crippen molar-refractivity contribution >= 4 is 11.8 Å². The third-order valence-electron chi connectivity index (χ3n) is 6.73. The van der Waals surface area contributed by atoms with Gasteiger partial charge in [-0.3, -0.25) is 9.59 Å². The predicted molar refractivity (Wildman–Crippen MR) is 104 cm³/mol. The van der Waals surface area contributed by atoms with Gasteiger partial charge < -0.3 is 24.3 Å². The minimum absolute atomic E-state index is 0.0107. The van der Waals surface area contributed by atoms with Gasteiger partial charge in [0.15, 0.2) is 5.79 Å². The molecule has 1 atom stereocenters. The summed E-state index contributed by atoms with van der Waals surface area (Å²) < 4.78 is 11.5. The van der Waals surface area contributed by atoms with Crippen LogP contribution in [-0.4, -0.2) is 71.8 Å². The number of amides is 2. The molecule has 0 saturated carbocycles. The zero-order valence-electron chi connectivity index (χ0n) is 17.2. The number of hydrogen-bond donors (Lipinski definition) is 1. The summed E-state index contributed by atoms with van der Waals surface area (Å²) in [7, 11) is 0. The normalized spacial score (nSPS) is 24.8. The second-order valence-corrected chi connectivity index (χ2v) is 8.40. The number of hydrogen-bond acceptors (Lipinski definition) is 4. The molecule has 2 amide bonds. The van der Waals surface area contributed by atoms with Crippen molar-refractivity contribution in [3.05, 3.63) is 22.5 Å². The molecule has 0 radical (unpaired) electrons. The Morgan fingerprint density at radius 2 is 1.68 bits per heavy atom. The quantitative estimate of drug-likeness (QED) is 0.841. The molecule has 0 bridgehead atoms. The Labute approximate surface area is 166 Å². The van der Waals surface area contributed by atoms with Crippen LogP contribution in [0.3, 0.4) is 0 Å². The van der Waals surface area contributed by atoms with E-state index in [2.05, 4.69) is 4.98 Å². The third-order valence-corrected chi connectivity index (χ3v) is 6.73. The topological polar surface area (TPSA) is 74.9 Å². The smallest absolute Gasteiger partial charge is 0.270 e. The van der Waals surface area contributed by atoms with E-state index in [1.54, 1.807) is 0 Å². The van der Waals surface area contributed by atoms with Crippen LogP contribution in [0.25, 0.3) is 0 Å². The van der Waals surface area contributed by atoms with Gasteiger partial charge in [0, 0.05) is 44.7 Å². The van der Waals surface area contributed by atoms with Crippen LogP contribution < -0.4 is 0 Å². The summed E-state index contributed by atoms with van der Waals surface area (Å²) in [6.07, 6.45) is 3.17. The largest absolute Gasteiger partial charge is 0.354 e. The molecule has 1 spiro atoms. The molecule has 7 nitrogen and oxygen atoms in total. The molecular formula is C21H31N3O4. The summed E-state index contributed by atoms with van der Waals surface area (Å²) in [5, 5.41) is 0. The zero-order valence-corrected chi connectivity index (χ0v) is 17.2. The molecular weight excluding hydrogens is 358 g/mol. The van der Waals surface area contributed by atoms with Gasteiger partial charge in [0.2, 0.25) is 5.91 Å². The molecule has 1 aromatic heterocycles. The summed E-state index contributed by atoms with van der Waals surface area (Å²) >= 11 is 0. The molecule has 4 rings (SSSR count). The van der Waals surface area contributed by atoms with Gasteiger partial charge >= 0.3 is 0 Å². The summed E-state index contributed by atoms with van der Waals surface area (Å²) in [6.45, 7) is 9.83. The molecule has 0 unspecified atom stereocenters. The van der Waals surface area contributed by atoms with Crippen molar-refractivity contribution in [2.75, 3.05) is 39.4 Å². The zero-order chi connectivity index (χ0) is 19.9. The molecule has 3 aliphatic rings. The number of aromatic amines is 1. The van der Waals surface area contributed by atoms with E-state index >= 15 is 0 Å². The lowest BCUT2D eigenvalue weighted by Gasteiger charge is -2.40. The number of aryl methyl sites for hydroxylation is 1. The van der Waals surface area contributed by atoms with Crippen LogP contribution in [0.15, 0.2) is 0 Å². The van der Waals surface area contributed by atoms with E-state index < -0.39 is 5.79 Å². The first-order valence-electron chi connectivity index (χ1n) is 10.4. The Morgan fingerprint density at radius 3 is 2.29 bits per heavy atom. The van der Waals surface area contributed by atoms with Gasteiger partial charge in [-0.05, 0) is 44.7 Å². The summed E-state index contributed by atoms with van der Waals surface area (Å²) in [5.41, 5.74) is 3.84. The second-order valence-electron chi connectivity index (χ2n) is 8.40. The lowest BCUT2D eigenvalue weighted by Crippen LogP contribution is -2.52. The molecule has 3 aliphatic heterocycles. The van der Waals surface area contributed by atoms with Crippen LogP contribution in [0.4, 0.5) is 0 Å². The SMILES string of the molecule is Cc1[nH]c(C(=O)N2CCC[C@H](C(=O)N3CCC4(CC3)OCCO4)C2)c(C)c1C. The minimum atomic E-state index is -0.466. The predicted octanol–water partition coefficient (Wildman–Crippen LogP) is 2.16. The molecule has 0 aliphatic carbocycles. The first kappa shape index (κ1) is 19.5. The van der Waals surface area contributed by atoms with Gasteiger partial charge in [0.1, 0.15) is 5.69 Å². The molecule has 4 heterocycles. The highest BCUT2D eigenvalue weighted by atomic mass is 16.7. The Kier molecular flexibility index (Phi) is 5.22. The number of piperidine rings is 2. The van der Waals surface area contributed by atoms with Crippen LogP contribution in [0.2, 0.25) is 0 Å². The Balaban J connectivity index is 1.39. The summed E-state index contributed by atoms with van der Waals surface area (Å²) in [4.78, 5) is 33.1. The maximum Gasteiger partial charge on any atom is 0.270 e. The van der Waals surface area contributed by atoms with Crippen molar-refractivity contribution in [3.8, 4) is 0 Å². The van der Waals surface area contributed by atoms with Crippen molar-refractivity contribution < 1.29 is 19.1 Å². The van der Waals surface area contributed by atoms with Gasteiger partial charge in [0.25, 0.3) is 5.91 Å². The van der Waals surface area contributed by atoms with E-state index in [0.29, 0.717) is 45.1 Å². The maximum absolute atomic E-state index is 13.1. The molecule has 1 aromatic rings. The van der Waals surface area contributed by atoms with Crippen LogP contribution >= 0.6 is 0 Å². The Hall–Kier alpha value is -1.86. The van der Waals surface area contributed by atoms with Crippen LogP contribution in [0.1, 0.15) is 53.0 Å². The highest BCUT2D eigenvalue weighted by Gasteiger charge is 2.42. The highest BCUT2D eigenvalue weighted by Crippen LogP contribution is 2.32. The van der Waals surface area contributed by atoms with E-state index in [4.69, 9.17) is 9.47 Å². The fourth-order valence-corrected chi connectivity index (χ4v) is 4.69. The number of carbonyl (C=O) groups is 2. The maximum atomic E-state index is 13.1. The summed E-state index contributed by atoms with van der Waals surface area (Å²) in [5.74, 6) is -0.404. The molecule has 3 fully saturated rings. The monoisotopic (exact) mass is 389 g/mol.